The van der Waals surface area contributed by atoms with E-state index in [1.54, 1.807) is 0 Å². The van der Waals surface area contributed by atoms with Crippen molar-refractivity contribution >= 4 is 0 Å². The van der Waals surface area contributed by atoms with E-state index in [1.165, 1.54) is 39.0 Å². The fourth-order valence-corrected chi connectivity index (χ4v) is 2.10. The lowest BCUT2D eigenvalue weighted by atomic mass is 9.99. The van der Waals surface area contributed by atoms with E-state index in [9.17, 15) is 0 Å². The maximum atomic E-state index is 3.33. The summed E-state index contributed by atoms with van der Waals surface area (Å²) in [5.74, 6) is 3.00. The van der Waals surface area contributed by atoms with Crippen LogP contribution in [0.3, 0.4) is 0 Å². The van der Waals surface area contributed by atoms with Gasteiger partial charge < -0.3 is 10.2 Å². The van der Waals surface area contributed by atoms with Gasteiger partial charge in [0.05, 0.1) is 0 Å². The third kappa shape index (κ3) is 2.68. The normalized spacial score (nSPS) is 33.5. The molecular weight excluding hydrogens is 160 g/mol. The third-order valence-corrected chi connectivity index (χ3v) is 3.61. The average molecular weight is 182 g/mol. The van der Waals surface area contributed by atoms with E-state index >= 15 is 0 Å². The standard InChI is InChI=1S/C11H22N2/c1-9-5-11(9)8-13(2)4-3-10-6-12-7-10/h9-12H,3-8H2,1-2H3. The summed E-state index contributed by atoms with van der Waals surface area (Å²) in [4.78, 5) is 2.52. The van der Waals surface area contributed by atoms with E-state index < -0.39 is 0 Å². The molecule has 2 rings (SSSR count). The number of nitrogens with one attached hydrogen (secondary N) is 1. The van der Waals surface area contributed by atoms with Crippen LogP contribution < -0.4 is 5.32 Å². The van der Waals surface area contributed by atoms with Crippen molar-refractivity contribution in [3.05, 3.63) is 0 Å². The van der Waals surface area contributed by atoms with Crippen LogP contribution >= 0.6 is 0 Å². The molecule has 2 atom stereocenters. The van der Waals surface area contributed by atoms with Gasteiger partial charge in [-0.3, -0.25) is 0 Å². The minimum absolute atomic E-state index is 0.971. The van der Waals surface area contributed by atoms with E-state index in [4.69, 9.17) is 0 Å². The van der Waals surface area contributed by atoms with Crippen molar-refractivity contribution in [1.29, 1.82) is 0 Å². The Hall–Kier alpha value is -0.0800. The molecule has 0 bridgehead atoms. The molecule has 2 aliphatic rings. The Kier molecular flexibility index (Phi) is 2.89. The molecule has 1 heterocycles. The topological polar surface area (TPSA) is 15.3 Å². The van der Waals surface area contributed by atoms with Crippen molar-refractivity contribution in [2.75, 3.05) is 33.2 Å². The first-order valence-corrected chi connectivity index (χ1v) is 5.65. The van der Waals surface area contributed by atoms with Crippen LogP contribution in [0.25, 0.3) is 0 Å². The van der Waals surface area contributed by atoms with E-state index in [0.717, 1.165) is 17.8 Å². The fourth-order valence-electron chi connectivity index (χ4n) is 2.10. The average Bonchev–Trinajstić information content (AvgIpc) is 2.63. The molecule has 0 aromatic heterocycles. The highest BCUT2D eigenvalue weighted by atomic mass is 15.1. The lowest BCUT2D eigenvalue weighted by Crippen LogP contribution is -2.43. The van der Waals surface area contributed by atoms with Crippen LogP contribution in [0, 0.1) is 17.8 Å². The van der Waals surface area contributed by atoms with Crippen molar-refractivity contribution < 1.29 is 0 Å². The summed E-state index contributed by atoms with van der Waals surface area (Å²) in [6.45, 7) is 7.52. The molecule has 0 aromatic carbocycles. The summed E-state index contributed by atoms with van der Waals surface area (Å²) in [6, 6.07) is 0. The molecule has 0 amide bonds. The van der Waals surface area contributed by atoms with Gasteiger partial charge in [0, 0.05) is 6.54 Å². The number of hydrogen-bond acceptors (Lipinski definition) is 2. The molecule has 13 heavy (non-hydrogen) atoms. The van der Waals surface area contributed by atoms with Crippen LogP contribution in [0.4, 0.5) is 0 Å². The molecule has 1 saturated heterocycles. The van der Waals surface area contributed by atoms with Crippen molar-refractivity contribution in [2.45, 2.75) is 19.8 Å². The minimum atomic E-state index is 0.971. The van der Waals surface area contributed by atoms with Crippen LogP contribution in [-0.4, -0.2) is 38.1 Å². The molecular formula is C11H22N2. The smallest absolute Gasteiger partial charge is 0.000926 e. The molecule has 0 radical (unpaired) electrons. The monoisotopic (exact) mass is 182 g/mol. The molecule has 0 aromatic rings. The van der Waals surface area contributed by atoms with Gasteiger partial charge in [0.15, 0.2) is 0 Å². The third-order valence-electron chi connectivity index (χ3n) is 3.61. The molecule has 2 fully saturated rings. The highest BCUT2D eigenvalue weighted by molar-refractivity contribution is 4.84. The summed E-state index contributed by atoms with van der Waals surface area (Å²) in [6.07, 6.45) is 2.86. The lowest BCUT2D eigenvalue weighted by Gasteiger charge is -2.29. The Morgan fingerprint density at radius 1 is 1.38 bits per heavy atom. The van der Waals surface area contributed by atoms with Gasteiger partial charge in [0.25, 0.3) is 0 Å². The van der Waals surface area contributed by atoms with Crippen LogP contribution in [0.2, 0.25) is 0 Å². The van der Waals surface area contributed by atoms with Gasteiger partial charge in [-0.1, -0.05) is 6.92 Å². The molecule has 76 valence electrons. The Morgan fingerprint density at radius 2 is 2.08 bits per heavy atom. The zero-order valence-electron chi connectivity index (χ0n) is 8.92. The van der Waals surface area contributed by atoms with E-state index in [2.05, 4.69) is 24.2 Å². The molecule has 1 N–H and O–H groups in total. The summed E-state index contributed by atoms with van der Waals surface area (Å²) >= 11 is 0. The van der Waals surface area contributed by atoms with Gasteiger partial charge >= 0.3 is 0 Å². The number of rotatable bonds is 5. The highest BCUT2D eigenvalue weighted by Gasteiger charge is 2.33. The fraction of sp³-hybridized carbons (Fsp3) is 1.00. The van der Waals surface area contributed by atoms with Crippen molar-refractivity contribution in [3.63, 3.8) is 0 Å². The van der Waals surface area contributed by atoms with Gasteiger partial charge in [0.1, 0.15) is 0 Å². The predicted octanol–water partition coefficient (Wildman–Crippen LogP) is 1.18. The Morgan fingerprint density at radius 3 is 2.54 bits per heavy atom. The van der Waals surface area contributed by atoms with Crippen molar-refractivity contribution in [3.8, 4) is 0 Å². The molecule has 1 aliphatic heterocycles. The summed E-state index contributed by atoms with van der Waals surface area (Å²) in [5, 5.41) is 3.33. The maximum absolute atomic E-state index is 3.33. The Bertz CT molecular complexity index is 165. The zero-order chi connectivity index (χ0) is 9.26. The molecule has 0 spiro atoms. The lowest BCUT2D eigenvalue weighted by molar-refractivity contribution is 0.249. The molecule has 2 nitrogen and oxygen atoms in total. The summed E-state index contributed by atoms with van der Waals surface area (Å²) in [5.41, 5.74) is 0. The second-order valence-electron chi connectivity index (χ2n) is 5.05. The minimum Gasteiger partial charge on any atom is -0.316 e. The summed E-state index contributed by atoms with van der Waals surface area (Å²) in [7, 11) is 2.27. The molecule has 1 saturated carbocycles. The summed E-state index contributed by atoms with van der Waals surface area (Å²) < 4.78 is 0. The SMILES string of the molecule is CC1CC1CN(C)CCC1CNC1. The maximum Gasteiger partial charge on any atom is 0.000926 e. The molecule has 2 heteroatoms. The van der Waals surface area contributed by atoms with Crippen LogP contribution in [-0.2, 0) is 0 Å². The van der Waals surface area contributed by atoms with Gasteiger partial charge in [-0.15, -0.1) is 0 Å². The van der Waals surface area contributed by atoms with Crippen LogP contribution in [0.5, 0.6) is 0 Å². The second kappa shape index (κ2) is 3.97. The van der Waals surface area contributed by atoms with Crippen LogP contribution in [0.15, 0.2) is 0 Å². The quantitative estimate of drug-likeness (QED) is 0.687. The van der Waals surface area contributed by atoms with Crippen molar-refractivity contribution in [1.82, 2.24) is 10.2 Å². The largest absolute Gasteiger partial charge is 0.316 e. The highest BCUT2D eigenvalue weighted by Crippen LogP contribution is 2.37. The van der Waals surface area contributed by atoms with Gasteiger partial charge in [-0.2, -0.15) is 0 Å². The first-order valence-electron chi connectivity index (χ1n) is 5.65. The number of hydrogen-bond donors (Lipinski definition) is 1. The Labute approximate surface area is 81.7 Å². The Balaban J connectivity index is 1.53. The van der Waals surface area contributed by atoms with E-state index in [0.29, 0.717) is 0 Å². The van der Waals surface area contributed by atoms with Gasteiger partial charge in [0.2, 0.25) is 0 Å². The van der Waals surface area contributed by atoms with Crippen LogP contribution in [0.1, 0.15) is 19.8 Å². The predicted molar refractivity (Wildman–Crippen MR) is 55.7 cm³/mol. The van der Waals surface area contributed by atoms with Gasteiger partial charge in [-0.25, -0.2) is 0 Å². The van der Waals surface area contributed by atoms with Crippen molar-refractivity contribution in [2.24, 2.45) is 17.8 Å². The van der Waals surface area contributed by atoms with E-state index in [-0.39, 0.29) is 0 Å². The zero-order valence-corrected chi connectivity index (χ0v) is 8.92. The first-order chi connectivity index (χ1) is 6.25. The van der Waals surface area contributed by atoms with E-state index in [1.807, 2.05) is 0 Å². The molecule has 2 unspecified atom stereocenters. The first kappa shape index (κ1) is 9.47. The second-order valence-corrected chi connectivity index (χ2v) is 5.05. The van der Waals surface area contributed by atoms with Gasteiger partial charge in [-0.05, 0) is 57.3 Å². The molecule has 1 aliphatic carbocycles. The number of nitrogens with zero attached hydrogens (tertiary/aromatic N) is 1.